The van der Waals surface area contributed by atoms with Gasteiger partial charge in [-0.3, -0.25) is 4.79 Å². The summed E-state index contributed by atoms with van der Waals surface area (Å²) in [5.74, 6) is 1.74. The molecule has 0 saturated heterocycles. The molecule has 0 spiro atoms. The SMILES string of the molecule is C#CCN(CCC)C(=O)c1ccc(Br)c(F)c1. The van der Waals surface area contributed by atoms with E-state index in [1.54, 1.807) is 6.07 Å². The molecule has 4 heteroatoms. The Bertz CT molecular complexity index is 453. The average Bonchev–Trinajstić information content (AvgIpc) is 2.31. The molecule has 2 nitrogen and oxygen atoms in total. The number of carbonyl (C=O) groups excluding carboxylic acids is 1. The Kier molecular flexibility index (Phi) is 5.17. The number of hydrogen-bond donors (Lipinski definition) is 0. The van der Waals surface area contributed by atoms with E-state index in [1.165, 1.54) is 17.0 Å². The number of hydrogen-bond acceptors (Lipinski definition) is 1. The van der Waals surface area contributed by atoms with Crippen molar-refractivity contribution < 1.29 is 9.18 Å². The molecule has 0 N–H and O–H groups in total. The maximum Gasteiger partial charge on any atom is 0.254 e. The van der Waals surface area contributed by atoms with Gasteiger partial charge in [-0.15, -0.1) is 6.42 Å². The molecular weight excluding hydrogens is 285 g/mol. The first-order valence-corrected chi connectivity index (χ1v) is 6.07. The molecule has 17 heavy (non-hydrogen) atoms. The van der Waals surface area contributed by atoms with Crippen LogP contribution in [0.25, 0.3) is 0 Å². The van der Waals surface area contributed by atoms with Crippen molar-refractivity contribution >= 4 is 21.8 Å². The van der Waals surface area contributed by atoms with Crippen LogP contribution in [0.5, 0.6) is 0 Å². The minimum absolute atomic E-state index is 0.240. The van der Waals surface area contributed by atoms with Gasteiger partial charge in [0.2, 0.25) is 0 Å². The van der Waals surface area contributed by atoms with Gasteiger partial charge in [-0.1, -0.05) is 12.8 Å². The van der Waals surface area contributed by atoms with E-state index < -0.39 is 5.82 Å². The molecule has 1 aromatic rings. The van der Waals surface area contributed by atoms with Crippen molar-refractivity contribution in [3.05, 3.63) is 34.1 Å². The van der Waals surface area contributed by atoms with Gasteiger partial charge in [-0.2, -0.15) is 0 Å². The third kappa shape index (κ3) is 3.57. The maximum atomic E-state index is 13.3. The Morgan fingerprint density at radius 1 is 1.59 bits per heavy atom. The predicted molar refractivity (Wildman–Crippen MR) is 69.1 cm³/mol. The van der Waals surface area contributed by atoms with Gasteiger partial charge in [-0.05, 0) is 40.5 Å². The van der Waals surface area contributed by atoms with Crippen LogP contribution in [-0.4, -0.2) is 23.9 Å². The molecular formula is C13H13BrFNO. The van der Waals surface area contributed by atoms with Crippen LogP contribution >= 0.6 is 15.9 Å². The van der Waals surface area contributed by atoms with Gasteiger partial charge in [0, 0.05) is 12.1 Å². The van der Waals surface area contributed by atoms with Crippen molar-refractivity contribution in [3.63, 3.8) is 0 Å². The lowest BCUT2D eigenvalue weighted by Crippen LogP contribution is -2.32. The highest BCUT2D eigenvalue weighted by atomic mass is 79.9. The Hall–Kier alpha value is -1.34. The van der Waals surface area contributed by atoms with Crippen LogP contribution in [0.1, 0.15) is 23.7 Å². The Morgan fingerprint density at radius 3 is 2.82 bits per heavy atom. The largest absolute Gasteiger partial charge is 0.328 e. The molecule has 0 aliphatic carbocycles. The minimum atomic E-state index is -0.451. The molecule has 0 aliphatic rings. The molecule has 0 aliphatic heterocycles. The third-order valence-corrected chi connectivity index (χ3v) is 2.87. The van der Waals surface area contributed by atoms with Crippen LogP contribution in [0.15, 0.2) is 22.7 Å². The van der Waals surface area contributed by atoms with E-state index in [0.717, 1.165) is 6.42 Å². The summed E-state index contributed by atoms with van der Waals surface area (Å²) in [6.07, 6.45) is 6.02. The van der Waals surface area contributed by atoms with Gasteiger partial charge in [-0.25, -0.2) is 4.39 Å². The zero-order valence-corrected chi connectivity index (χ0v) is 11.1. The van der Waals surface area contributed by atoms with Gasteiger partial charge in [0.1, 0.15) is 5.82 Å². The summed E-state index contributed by atoms with van der Waals surface area (Å²) in [5.41, 5.74) is 0.314. The van der Waals surface area contributed by atoms with Crippen LogP contribution in [0.2, 0.25) is 0 Å². The lowest BCUT2D eigenvalue weighted by molar-refractivity contribution is 0.0776. The first kappa shape index (κ1) is 13.7. The Morgan fingerprint density at radius 2 is 2.29 bits per heavy atom. The van der Waals surface area contributed by atoms with Crippen molar-refractivity contribution in [2.45, 2.75) is 13.3 Å². The number of amides is 1. The molecule has 0 unspecified atom stereocenters. The van der Waals surface area contributed by atoms with Gasteiger partial charge in [0.15, 0.2) is 0 Å². The monoisotopic (exact) mass is 297 g/mol. The fourth-order valence-corrected chi connectivity index (χ4v) is 1.69. The number of terminal acetylenes is 1. The number of nitrogens with zero attached hydrogens (tertiary/aromatic N) is 1. The van der Waals surface area contributed by atoms with Gasteiger partial charge >= 0.3 is 0 Å². The highest BCUT2D eigenvalue weighted by molar-refractivity contribution is 9.10. The second-order valence-corrected chi connectivity index (χ2v) is 4.41. The van der Waals surface area contributed by atoms with Crippen LogP contribution in [0.4, 0.5) is 4.39 Å². The van der Waals surface area contributed by atoms with E-state index in [-0.39, 0.29) is 12.5 Å². The average molecular weight is 298 g/mol. The zero-order valence-electron chi connectivity index (χ0n) is 9.54. The fourth-order valence-electron chi connectivity index (χ4n) is 1.44. The smallest absolute Gasteiger partial charge is 0.254 e. The Labute approximate surface area is 109 Å². The first-order chi connectivity index (χ1) is 8.10. The van der Waals surface area contributed by atoms with E-state index in [4.69, 9.17) is 6.42 Å². The van der Waals surface area contributed by atoms with Crippen LogP contribution in [0, 0.1) is 18.2 Å². The quantitative estimate of drug-likeness (QED) is 0.782. The normalized spacial score (nSPS) is 9.76. The fraction of sp³-hybridized carbons (Fsp3) is 0.308. The van der Waals surface area contributed by atoms with Gasteiger partial charge in [0.25, 0.3) is 5.91 Å². The Balaban J connectivity index is 2.93. The zero-order chi connectivity index (χ0) is 12.8. The van der Waals surface area contributed by atoms with Crippen molar-refractivity contribution in [3.8, 4) is 12.3 Å². The number of carbonyl (C=O) groups is 1. The molecule has 90 valence electrons. The second-order valence-electron chi connectivity index (χ2n) is 3.56. The third-order valence-electron chi connectivity index (χ3n) is 2.23. The van der Waals surface area contributed by atoms with Crippen molar-refractivity contribution in [2.75, 3.05) is 13.1 Å². The van der Waals surface area contributed by atoms with E-state index in [1.807, 2.05) is 6.92 Å². The lowest BCUT2D eigenvalue weighted by Gasteiger charge is -2.19. The molecule has 0 heterocycles. The van der Waals surface area contributed by atoms with Gasteiger partial charge in [0.05, 0.1) is 11.0 Å². The summed E-state index contributed by atoms with van der Waals surface area (Å²) in [6.45, 7) is 2.77. The summed E-state index contributed by atoms with van der Waals surface area (Å²) in [5, 5.41) is 0. The van der Waals surface area contributed by atoms with Crippen LogP contribution < -0.4 is 0 Å². The van der Waals surface area contributed by atoms with Gasteiger partial charge < -0.3 is 4.90 Å². The lowest BCUT2D eigenvalue weighted by atomic mass is 10.2. The molecule has 1 aromatic carbocycles. The molecule has 0 fully saturated rings. The number of rotatable bonds is 4. The van der Waals surface area contributed by atoms with E-state index in [2.05, 4.69) is 21.9 Å². The molecule has 0 bridgehead atoms. The summed E-state index contributed by atoms with van der Waals surface area (Å²) in [7, 11) is 0. The maximum absolute atomic E-state index is 13.3. The highest BCUT2D eigenvalue weighted by Crippen LogP contribution is 2.17. The highest BCUT2D eigenvalue weighted by Gasteiger charge is 2.15. The van der Waals surface area contributed by atoms with Crippen molar-refractivity contribution in [2.24, 2.45) is 0 Å². The summed E-state index contributed by atoms with van der Waals surface area (Å²) in [4.78, 5) is 13.6. The summed E-state index contributed by atoms with van der Waals surface area (Å²) < 4.78 is 13.7. The topological polar surface area (TPSA) is 20.3 Å². The molecule has 0 aromatic heterocycles. The molecule has 1 amide bonds. The first-order valence-electron chi connectivity index (χ1n) is 5.28. The van der Waals surface area contributed by atoms with E-state index >= 15 is 0 Å². The predicted octanol–water partition coefficient (Wildman–Crippen LogP) is 3.07. The van der Waals surface area contributed by atoms with Crippen LogP contribution in [-0.2, 0) is 0 Å². The molecule has 0 radical (unpaired) electrons. The van der Waals surface area contributed by atoms with Crippen molar-refractivity contribution in [1.29, 1.82) is 0 Å². The molecule has 0 atom stereocenters. The number of benzene rings is 1. The standard InChI is InChI=1S/C13H13BrFNO/c1-3-7-16(8-4-2)13(17)10-5-6-11(14)12(15)9-10/h1,5-6,9H,4,7-8H2,2H3. The number of halogens is 2. The van der Waals surface area contributed by atoms with E-state index in [9.17, 15) is 9.18 Å². The summed E-state index contributed by atoms with van der Waals surface area (Å²) in [6, 6.07) is 4.31. The van der Waals surface area contributed by atoms with Crippen molar-refractivity contribution in [1.82, 2.24) is 4.90 Å². The minimum Gasteiger partial charge on any atom is -0.328 e. The second kappa shape index (κ2) is 6.41. The van der Waals surface area contributed by atoms with Crippen LogP contribution in [0.3, 0.4) is 0 Å². The summed E-state index contributed by atoms with van der Waals surface area (Å²) >= 11 is 3.04. The molecule has 0 saturated carbocycles. The van der Waals surface area contributed by atoms with E-state index in [0.29, 0.717) is 16.6 Å². The molecule has 1 rings (SSSR count).